The minimum atomic E-state index is -0.0769. The quantitative estimate of drug-likeness (QED) is 0.543. The van der Waals surface area contributed by atoms with Gasteiger partial charge < -0.3 is 5.11 Å². The summed E-state index contributed by atoms with van der Waals surface area (Å²) in [7, 11) is 0. The van der Waals surface area contributed by atoms with E-state index in [4.69, 9.17) is 0 Å². The first kappa shape index (κ1) is 18.4. The summed E-state index contributed by atoms with van der Waals surface area (Å²) in [5, 5.41) is 10.2. The van der Waals surface area contributed by atoms with Crippen molar-refractivity contribution in [2.45, 2.75) is 82.3 Å². The van der Waals surface area contributed by atoms with Crippen LogP contribution in [0.1, 0.15) is 72.1 Å². The molecule has 0 aromatic heterocycles. The van der Waals surface area contributed by atoms with Gasteiger partial charge in [-0.1, -0.05) is 25.5 Å². The van der Waals surface area contributed by atoms with Crippen LogP contribution in [0.5, 0.6) is 0 Å². The van der Waals surface area contributed by atoms with Gasteiger partial charge in [-0.2, -0.15) is 0 Å². The van der Waals surface area contributed by atoms with Crippen molar-refractivity contribution in [3.63, 3.8) is 0 Å². The van der Waals surface area contributed by atoms with E-state index in [-0.39, 0.29) is 6.10 Å². The second kappa shape index (κ2) is 6.20. The van der Waals surface area contributed by atoms with Crippen LogP contribution in [0.4, 0.5) is 0 Å². The van der Waals surface area contributed by atoms with Crippen molar-refractivity contribution in [1.29, 1.82) is 0 Å². The normalized spacial score (nSPS) is 52.8. The average Bonchev–Trinajstić information content (AvgIpc) is 3.19. The largest absolute Gasteiger partial charge is 0.393 e. The van der Waals surface area contributed by atoms with Gasteiger partial charge in [-0.15, -0.1) is 23.5 Å². The van der Waals surface area contributed by atoms with Gasteiger partial charge in [0, 0.05) is 11.5 Å². The Morgan fingerprint density at radius 2 is 1.73 bits per heavy atom. The Morgan fingerprint density at radius 1 is 0.962 bits per heavy atom. The summed E-state index contributed by atoms with van der Waals surface area (Å²) in [5.74, 6) is 6.34. The maximum absolute atomic E-state index is 10.2. The molecule has 1 heterocycles. The molecule has 0 aromatic carbocycles. The van der Waals surface area contributed by atoms with E-state index in [9.17, 15) is 5.11 Å². The number of fused-ring (bicyclic) bond motifs is 5. The second-order valence-electron chi connectivity index (χ2n) is 10.5. The number of aliphatic hydroxyl groups is 1. The third-order valence-electron chi connectivity index (χ3n) is 9.57. The molecule has 1 nitrogen and oxygen atoms in total. The molecule has 5 rings (SSSR count). The van der Waals surface area contributed by atoms with Gasteiger partial charge in [-0.3, -0.25) is 0 Å². The molecule has 3 heteroatoms. The highest BCUT2D eigenvalue weighted by Gasteiger charge is 2.62. The van der Waals surface area contributed by atoms with Crippen LogP contribution in [-0.4, -0.2) is 26.8 Å². The Morgan fingerprint density at radius 3 is 2.50 bits per heavy atom. The molecule has 4 fully saturated rings. The molecule has 7 atom stereocenters. The molecule has 1 saturated heterocycles. The number of aliphatic hydroxyl groups excluding tert-OH is 1. The van der Waals surface area contributed by atoms with Crippen LogP contribution in [0.15, 0.2) is 11.6 Å². The highest BCUT2D eigenvalue weighted by Crippen LogP contribution is 2.70. The predicted octanol–water partition coefficient (Wildman–Crippen LogP) is 6.12. The third-order valence-corrected chi connectivity index (χ3v) is 13.1. The third kappa shape index (κ3) is 2.48. The van der Waals surface area contributed by atoms with E-state index in [1.54, 1.807) is 5.57 Å². The van der Waals surface area contributed by atoms with E-state index in [0.29, 0.717) is 14.9 Å². The van der Waals surface area contributed by atoms with E-state index in [1.807, 2.05) is 0 Å². The first-order valence-corrected chi connectivity index (χ1v) is 13.0. The molecule has 0 bridgehead atoms. The van der Waals surface area contributed by atoms with Crippen molar-refractivity contribution in [1.82, 2.24) is 0 Å². The number of rotatable bonds is 1. The number of thioether (sulfide) groups is 2. The number of hydrogen-bond donors (Lipinski definition) is 1. The molecule has 1 aliphatic heterocycles. The van der Waals surface area contributed by atoms with Gasteiger partial charge in [0.2, 0.25) is 0 Å². The van der Waals surface area contributed by atoms with E-state index in [1.165, 1.54) is 50.0 Å². The van der Waals surface area contributed by atoms with Gasteiger partial charge in [-0.05, 0) is 92.8 Å². The van der Waals surface area contributed by atoms with Crippen LogP contribution in [0.3, 0.4) is 0 Å². The highest BCUT2D eigenvalue weighted by molar-refractivity contribution is 8.21. The molecule has 0 unspecified atom stereocenters. The lowest BCUT2D eigenvalue weighted by atomic mass is 9.47. The standard InChI is InChI=1S/C23H36OS2/c1-21-10-8-16(24)14-15(21)4-5-17-18-6-7-20(23(3)25-12-13-26-23)22(18,2)11-9-19(17)21/h4,16-20,24H,5-14H2,1-3H3/t16-,17+,18+,19+,20+,21+,22+/m1/s1. The highest BCUT2D eigenvalue weighted by atomic mass is 32.2. The summed E-state index contributed by atoms with van der Waals surface area (Å²) in [6, 6.07) is 0. The van der Waals surface area contributed by atoms with Crippen molar-refractivity contribution in [2.75, 3.05) is 11.5 Å². The van der Waals surface area contributed by atoms with Gasteiger partial charge in [0.1, 0.15) is 0 Å². The van der Waals surface area contributed by atoms with Crippen molar-refractivity contribution in [3.8, 4) is 0 Å². The summed E-state index contributed by atoms with van der Waals surface area (Å²) in [6.45, 7) is 7.81. The average molecular weight is 393 g/mol. The Kier molecular flexibility index (Phi) is 4.39. The summed E-state index contributed by atoms with van der Waals surface area (Å²) >= 11 is 4.53. The molecule has 1 N–H and O–H groups in total. The van der Waals surface area contributed by atoms with Crippen LogP contribution in [0.2, 0.25) is 0 Å². The zero-order valence-corrected chi connectivity index (χ0v) is 18.4. The monoisotopic (exact) mass is 392 g/mol. The molecular formula is C23H36OS2. The maximum atomic E-state index is 10.2. The maximum Gasteiger partial charge on any atom is 0.0616 e. The van der Waals surface area contributed by atoms with Crippen molar-refractivity contribution in [2.24, 2.45) is 34.5 Å². The lowest BCUT2D eigenvalue weighted by Gasteiger charge is -2.59. The molecule has 3 saturated carbocycles. The summed E-state index contributed by atoms with van der Waals surface area (Å²) < 4.78 is 0.477. The smallest absolute Gasteiger partial charge is 0.0616 e. The lowest BCUT2D eigenvalue weighted by molar-refractivity contribution is -0.0504. The van der Waals surface area contributed by atoms with Crippen molar-refractivity contribution in [3.05, 3.63) is 11.6 Å². The topological polar surface area (TPSA) is 20.2 Å². The fourth-order valence-electron chi connectivity index (χ4n) is 8.23. The van der Waals surface area contributed by atoms with Gasteiger partial charge in [-0.25, -0.2) is 0 Å². The van der Waals surface area contributed by atoms with Crippen LogP contribution in [-0.2, 0) is 0 Å². The van der Waals surface area contributed by atoms with Crippen molar-refractivity contribution < 1.29 is 5.11 Å². The molecular weight excluding hydrogens is 356 g/mol. The second-order valence-corrected chi connectivity index (χ2v) is 13.9. The van der Waals surface area contributed by atoms with Crippen LogP contribution >= 0.6 is 23.5 Å². The number of allylic oxidation sites excluding steroid dienone is 1. The molecule has 0 amide bonds. The molecule has 4 aliphatic carbocycles. The van der Waals surface area contributed by atoms with Crippen LogP contribution in [0, 0.1) is 34.5 Å². The zero-order valence-electron chi connectivity index (χ0n) is 16.8. The molecule has 0 aromatic rings. The molecule has 146 valence electrons. The Bertz CT molecular complexity index is 609. The van der Waals surface area contributed by atoms with Gasteiger partial charge >= 0.3 is 0 Å². The first-order valence-electron chi connectivity index (χ1n) is 11.0. The van der Waals surface area contributed by atoms with Crippen molar-refractivity contribution >= 4 is 23.5 Å². The molecule has 26 heavy (non-hydrogen) atoms. The molecule has 0 spiro atoms. The molecule has 5 aliphatic rings. The van der Waals surface area contributed by atoms with Gasteiger partial charge in [0.05, 0.1) is 10.2 Å². The minimum Gasteiger partial charge on any atom is -0.393 e. The Hall–Kier alpha value is 0.400. The SMILES string of the molecule is CC1([C@H]2CC[C@H]3[C@@H]4CC=C5C[C@H](O)CC[C@]5(C)[C@H]4CC[C@]23C)SCCS1. The fraction of sp³-hybridized carbons (Fsp3) is 0.913. The fourth-order valence-corrected chi connectivity index (χ4v) is 11.7. The predicted molar refractivity (Wildman–Crippen MR) is 115 cm³/mol. The van der Waals surface area contributed by atoms with Gasteiger partial charge in [0.25, 0.3) is 0 Å². The summed E-state index contributed by atoms with van der Waals surface area (Å²) in [6.07, 6.45) is 12.8. The first-order chi connectivity index (χ1) is 12.4. The van der Waals surface area contributed by atoms with E-state index < -0.39 is 0 Å². The van der Waals surface area contributed by atoms with Gasteiger partial charge in [0.15, 0.2) is 0 Å². The molecule has 0 radical (unpaired) electrons. The Balaban J connectivity index is 1.45. The van der Waals surface area contributed by atoms with Crippen LogP contribution in [0.25, 0.3) is 0 Å². The Labute approximate surface area is 168 Å². The van der Waals surface area contributed by atoms with E-state index in [0.717, 1.165) is 36.5 Å². The summed E-state index contributed by atoms with van der Waals surface area (Å²) in [4.78, 5) is 0. The zero-order chi connectivity index (χ0) is 18.2. The van der Waals surface area contributed by atoms with E-state index in [2.05, 4.69) is 50.4 Å². The van der Waals surface area contributed by atoms with E-state index >= 15 is 0 Å². The number of hydrogen-bond acceptors (Lipinski definition) is 3. The lowest BCUT2D eigenvalue weighted by Crippen LogP contribution is -2.51. The van der Waals surface area contributed by atoms with Crippen LogP contribution < -0.4 is 0 Å². The minimum absolute atomic E-state index is 0.0769. The summed E-state index contributed by atoms with van der Waals surface area (Å²) in [5.41, 5.74) is 2.57.